The lowest BCUT2D eigenvalue weighted by molar-refractivity contribution is -0.122. The van der Waals surface area contributed by atoms with Crippen LogP contribution in [0.1, 0.15) is 43.1 Å². The Bertz CT molecular complexity index is 1070. The number of ether oxygens (including phenoxy) is 1. The zero-order valence-electron chi connectivity index (χ0n) is 19.1. The van der Waals surface area contributed by atoms with Gasteiger partial charge in [-0.3, -0.25) is 14.5 Å². The van der Waals surface area contributed by atoms with Crippen LogP contribution in [0.3, 0.4) is 0 Å². The van der Waals surface area contributed by atoms with Crippen molar-refractivity contribution in [3.8, 4) is 0 Å². The first-order valence-corrected chi connectivity index (χ1v) is 11.3. The minimum Gasteiger partial charge on any atom is -0.383 e. The monoisotopic (exact) mass is 451 g/mol. The fraction of sp³-hybridized carbons (Fsp3) is 0.320. The van der Waals surface area contributed by atoms with Crippen molar-refractivity contribution < 1.29 is 14.3 Å². The molecule has 0 saturated heterocycles. The summed E-state index contributed by atoms with van der Waals surface area (Å²) in [5.74, 6) is -0.506. The Morgan fingerprint density at radius 3 is 2.28 bits per heavy atom. The SMILES string of the molecule is COCCNC(=O)[C@H](c1ccccc1)N(C(=O)c1sc(C)nc1C)c1cc(C)cc(C)c1. The highest BCUT2D eigenvalue weighted by Crippen LogP contribution is 2.33. The van der Waals surface area contributed by atoms with E-state index in [1.54, 1.807) is 12.0 Å². The number of carbonyl (C=O) groups is 2. The molecule has 3 rings (SSSR count). The van der Waals surface area contributed by atoms with Gasteiger partial charge in [-0.2, -0.15) is 0 Å². The van der Waals surface area contributed by atoms with Gasteiger partial charge in [0.15, 0.2) is 0 Å². The summed E-state index contributed by atoms with van der Waals surface area (Å²) in [6, 6.07) is 14.5. The van der Waals surface area contributed by atoms with E-state index in [0.29, 0.717) is 29.4 Å². The lowest BCUT2D eigenvalue weighted by Gasteiger charge is -2.32. The average molecular weight is 452 g/mol. The van der Waals surface area contributed by atoms with E-state index < -0.39 is 6.04 Å². The maximum Gasteiger partial charge on any atom is 0.271 e. The van der Waals surface area contributed by atoms with Crippen LogP contribution in [0.4, 0.5) is 5.69 Å². The first kappa shape index (κ1) is 23.6. The summed E-state index contributed by atoms with van der Waals surface area (Å²) in [7, 11) is 1.58. The number of nitrogens with zero attached hydrogens (tertiary/aromatic N) is 2. The van der Waals surface area contributed by atoms with Crippen LogP contribution in [0.2, 0.25) is 0 Å². The first-order valence-electron chi connectivity index (χ1n) is 10.5. The van der Waals surface area contributed by atoms with E-state index in [4.69, 9.17) is 4.74 Å². The molecule has 1 atom stereocenters. The van der Waals surface area contributed by atoms with E-state index in [1.807, 2.05) is 76.2 Å². The number of carbonyl (C=O) groups excluding carboxylic acids is 2. The number of hydrogen-bond donors (Lipinski definition) is 1. The smallest absolute Gasteiger partial charge is 0.271 e. The second kappa shape index (κ2) is 10.5. The maximum absolute atomic E-state index is 13.9. The molecule has 2 amide bonds. The highest BCUT2D eigenvalue weighted by molar-refractivity contribution is 7.13. The Kier molecular flexibility index (Phi) is 7.77. The molecule has 1 heterocycles. The molecule has 7 heteroatoms. The molecule has 3 aromatic rings. The van der Waals surface area contributed by atoms with Gasteiger partial charge in [0.05, 0.1) is 17.3 Å². The standard InChI is InChI=1S/C25H29N3O3S/c1-16-13-17(2)15-21(14-16)28(25(30)23-18(3)27-19(4)32-23)22(20-9-7-6-8-10-20)24(29)26-11-12-31-5/h6-10,13-15,22H,11-12H2,1-5H3,(H,26,29)/t22-/m0/s1. The quantitative estimate of drug-likeness (QED) is 0.511. The van der Waals surface area contributed by atoms with Gasteiger partial charge in [0.25, 0.3) is 5.91 Å². The molecule has 0 aliphatic heterocycles. The van der Waals surface area contributed by atoms with Crippen LogP contribution in [0.25, 0.3) is 0 Å². The molecule has 0 fully saturated rings. The predicted molar refractivity (Wildman–Crippen MR) is 128 cm³/mol. The van der Waals surface area contributed by atoms with Crippen molar-refractivity contribution in [3.63, 3.8) is 0 Å². The van der Waals surface area contributed by atoms with Crippen molar-refractivity contribution in [2.75, 3.05) is 25.2 Å². The first-order chi connectivity index (χ1) is 15.3. The third-order valence-corrected chi connectivity index (χ3v) is 6.09. The maximum atomic E-state index is 13.9. The lowest BCUT2D eigenvalue weighted by atomic mass is 10.0. The number of hydrogen-bond acceptors (Lipinski definition) is 5. The normalized spacial score (nSPS) is 11.8. The number of nitrogens with one attached hydrogen (secondary N) is 1. The second-order valence-electron chi connectivity index (χ2n) is 7.77. The number of amides is 2. The zero-order chi connectivity index (χ0) is 23.3. The van der Waals surface area contributed by atoms with Gasteiger partial charge < -0.3 is 10.1 Å². The molecule has 0 bridgehead atoms. The van der Waals surface area contributed by atoms with Crippen molar-refractivity contribution in [1.29, 1.82) is 0 Å². The number of thiazole rings is 1. The summed E-state index contributed by atoms with van der Waals surface area (Å²) in [4.78, 5) is 34.0. The summed E-state index contributed by atoms with van der Waals surface area (Å²) in [6.07, 6.45) is 0. The molecule has 0 aliphatic carbocycles. The molecule has 6 nitrogen and oxygen atoms in total. The number of benzene rings is 2. The number of methoxy groups -OCH3 is 1. The molecule has 0 radical (unpaired) electrons. The van der Waals surface area contributed by atoms with Crippen LogP contribution < -0.4 is 10.2 Å². The van der Waals surface area contributed by atoms with Crippen molar-refractivity contribution in [3.05, 3.63) is 80.8 Å². The molecule has 0 unspecified atom stereocenters. The van der Waals surface area contributed by atoms with Gasteiger partial charge in [0, 0.05) is 19.3 Å². The Balaban J connectivity index is 2.17. The summed E-state index contributed by atoms with van der Waals surface area (Å²) in [5.41, 5.74) is 4.10. The van der Waals surface area contributed by atoms with Crippen LogP contribution in [-0.2, 0) is 9.53 Å². The molecule has 0 aliphatic rings. The molecular formula is C25H29N3O3S. The molecule has 32 heavy (non-hydrogen) atoms. The minimum atomic E-state index is -0.844. The fourth-order valence-corrected chi connectivity index (χ4v) is 4.60. The Labute approximate surface area is 193 Å². The van der Waals surface area contributed by atoms with Gasteiger partial charge in [-0.25, -0.2) is 4.98 Å². The Morgan fingerprint density at radius 2 is 1.72 bits per heavy atom. The summed E-state index contributed by atoms with van der Waals surface area (Å²) < 4.78 is 5.09. The number of aryl methyl sites for hydroxylation is 4. The van der Waals surface area contributed by atoms with E-state index in [-0.39, 0.29) is 11.8 Å². The van der Waals surface area contributed by atoms with Crippen LogP contribution >= 0.6 is 11.3 Å². The van der Waals surface area contributed by atoms with Crippen molar-refractivity contribution >= 4 is 28.8 Å². The molecule has 168 valence electrons. The highest BCUT2D eigenvalue weighted by Gasteiger charge is 2.35. The largest absolute Gasteiger partial charge is 0.383 e. The van der Waals surface area contributed by atoms with Gasteiger partial charge in [0.1, 0.15) is 10.9 Å². The minimum absolute atomic E-state index is 0.242. The number of anilines is 1. The molecule has 2 aromatic carbocycles. The zero-order valence-corrected chi connectivity index (χ0v) is 20.0. The number of aromatic nitrogens is 1. The van der Waals surface area contributed by atoms with Crippen LogP contribution in [0, 0.1) is 27.7 Å². The molecule has 1 aromatic heterocycles. The molecular weight excluding hydrogens is 422 g/mol. The topological polar surface area (TPSA) is 71.5 Å². The van der Waals surface area contributed by atoms with E-state index in [1.165, 1.54) is 11.3 Å². The number of rotatable bonds is 8. The summed E-state index contributed by atoms with van der Waals surface area (Å²) in [5, 5.41) is 3.73. The summed E-state index contributed by atoms with van der Waals surface area (Å²) in [6.45, 7) is 8.41. The van der Waals surface area contributed by atoms with Gasteiger partial charge in [-0.15, -0.1) is 11.3 Å². The van der Waals surface area contributed by atoms with E-state index in [9.17, 15) is 9.59 Å². The molecule has 0 spiro atoms. The van der Waals surface area contributed by atoms with E-state index >= 15 is 0 Å². The Hall–Kier alpha value is -3.03. The van der Waals surface area contributed by atoms with Crippen LogP contribution in [-0.4, -0.2) is 37.1 Å². The fourth-order valence-electron chi connectivity index (χ4n) is 3.74. The van der Waals surface area contributed by atoms with Crippen molar-refractivity contribution in [1.82, 2.24) is 10.3 Å². The average Bonchev–Trinajstić information content (AvgIpc) is 3.09. The second-order valence-corrected chi connectivity index (χ2v) is 8.97. The van der Waals surface area contributed by atoms with Crippen LogP contribution in [0.15, 0.2) is 48.5 Å². The predicted octanol–water partition coefficient (Wildman–Crippen LogP) is 4.53. The van der Waals surface area contributed by atoms with Gasteiger partial charge in [-0.05, 0) is 56.5 Å². The molecule has 0 saturated carbocycles. The lowest BCUT2D eigenvalue weighted by Crippen LogP contribution is -2.44. The summed E-state index contributed by atoms with van der Waals surface area (Å²) >= 11 is 1.35. The van der Waals surface area contributed by atoms with Gasteiger partial charge in [-0.1, -0.05) is 36.4 Å². The van der Waals surface area contributed by atoms with E-state index in [0.717, 1.165) is 21.7 Å². The van der Waals surface area contributed by atoms with Gasteiger partial charge >= 0.3 is 0 Å². The third-order valence-electron chi connectivity index (χ3n) is 5.03. The Morgan fingerprint density at radius 1 is 1.06 bits per heavy atom. The van der Waals surface area contributed by atoms with Crippen molar-refractivity contribution in [2.45, 2.75) is 33.7 Å². The van der Waals surface area contributed by atoms with Crippen molar-refractivity contribution in [2.24, 2.45) is 0 Å². The third kappa shape index (κ3) is 5.41. The highest BCUT2D eigenvalue weighted by atomic mass is 32.1. The van der Waals surface area contributed by atoms with Crippen LogP contribution in [0.5, 0.6) is 0 Å². The molecule has 1 N–H and O–H groups in total. The van der Waals surface area contributed by atoms with Gasteiger partial charge in [0.2, 0.25) is 5.91 Å². The van der Waals surface area contributed by atoms with E-state index in [2.05, 4.69) is 10.3 Å².